The SMILES string of the molecule is CC1(C)c2ccccc2-c2ccc(N(c3ccc(-c4cccc(-c5ccccc5)c4)cc3)C3(C)C=CC=C(c4ccc5sc6ccccc6c5c4)C3)cc21. The van der Waals surface area contributed by atoms with Crippen molar-refractivity contribution in [3.63, 3.8) is 0 Å². The molecule has 0 radical (unpaired) electrons. The fraction of sp³-hybridized carbons (Fsp3) is 0.115. The summed E-state index contributed by atoms with van der Waals surface area (Å²) in [6.07, 6.45) is 7.87. The van der Waals surface area contributed by atoms with Crippen LogP contribution in [-0.4, -0.2) is 5.54 Å². The lowest BCUT2D eigenvalue weighted by Gasteiger charge is -2.43. The minimum atomic E-state index is -0.325. The second-order valence-corrected chi connectivity index (χ2v) is 16.7. The van der Waals surface area contributed by atoms with Crippen molar-refractivity contribution >= 4 is 48.5 Å². The van der Waals surface area contributed by atoms with Gasteiger partial charge in [-0.3, -0.25) is 0 Å². The molecule has 1 nitrogen and oxygen atoms in total. The summed E-state index contributed by atoms with van der Waals surface area (Å²) in [6, 6.07) is 60.7. The van der Waals surface area contributed by atoms with Gasteiger partial charge in [0.05, 0.1) is 5.54 Å². The van der Waals surface area contributed by atoms with Gasteiger partial charge in [0.2, 0.25) is 0 Å². The maximum Gasteiger partial charge on any atom is 0.0648 e. The smallest absolute Gasteiger partial charge is 0.0648 e. The van der Waals surface area contributed by atoms with Crippen molar-refractivity contribution in [3.05, 3.63) is 199 Å². The maximum atomic E-state index is 2.58. The van der Waals surface area contributed by atoms with Crippen LogP contribution in [0, 0.1) is 0 Å². The van der Waals surface area contributed by atoms with Gasteiger partial charge in [-0.05, 0) is 118 Å². The Labute approximate surface area is 322 Å². The van der Waals surface area contributed by atoms with E-state index in [-0.39, 0.29) is 11.0 Å². The van der Waals surface area contributed by atoms with Crippen LogP contribution >= 0.6 is 11.3 Å². The van der Waals surface area contributed by atoms with Gasteiger partial charge in [-0.1, -0.05) is 147 Å². The Morgan fingerprint density at radius 1 is 0.481 bits per heavy atom. The molecule has 8 aromatic rings. The molecule has 54 heavy (non-hydrogen) atoms. The number of benzene rings is 7. The summed E-state index contributed by atoms with van der Waals surface area (Å²) in [5.41, 5.74) is 15.0. The molecule has 0 fully saturated rings. The summed E-state index contributed by atoms with van der Waals surface area (Å²) in [5, 5.41) is 2.68. The first-order valence-electron chi connectivity index (χ1n) is 19.0. The molecule has 7 aromatic carbocycles. The second kappa shape index (κ2) is 12.6. The average molecular weight is 712 g/mol. The molecule has 1 aromatic heterocycles. The molecule has 0 bridgehead atoms. The van der Waals surface area contributed by atoms with Gasteiger partial charge in [-0.15, -0.1) is 11.3 Å². The predicted octanol–water partition coefficient (Wildman–Crippen LogP) is 14.6. The molecule has 0 amide bonds. The number of rotatable bonds is 6. The lowest BCUT2D eigenvalue weighted by atomic mass is 9.81. The van der Waals surface area contributed by atoms with Gasteiger partial charge in [-0.25, -0.2) is 0 Å². The van der Waals surface area contributed by atoms with Crippen LogP contribution in [0.1, 0.15) is 43.9 Å². The Bertz CT molecular complexity index is 2780. The Morgan fingerprint density at radius 2 is 1.13 bits per heavy atom. The van der Waals surface area contributed by atoms with Crippen LogP contribution in [0.3, 0.4) is 0 Å². The molecule has 0 saturated carbocycles. The largest absolute Gasteiger partial charge is 0.332 e. The highest BCUT2D eigenvalue weighted by molar-refractivity contribution is 7.25. The van der Waals surface area contributed by atoms with Crippen molar-refractivity contribution in [1.29, 1.82) is 0 Å². The first-order valence-corrected chi connectivity index (χ1v) is 19.8. The number of nitrogens with zero attached hydrogens (tertiary/aromatic N) is 1. The summed E-state index contributed by atoms with van der Waals surface area (Å²) < 4.78 is 2.68. The Morgan fingerprint density at radius 3 is 1.96 bits per heavy atom. The van der Waals surface area contributed by atoms with E-state index in [4.69, 9.17) is 0 Å². The van der Waals surface area contributed by atoms with E-state index in [9.17, 15) is 0 Å². The Balaban J connectivity index is 1.06. The number of hydrogen-bond acceptors (Lipinski definition) is 2. The van der Waals surface area contributed by atoms with Crippen LogP contribution in [0.25, 0.3) is 59.1 Å². The van der Waals surface area contributed by atoms with Crippen molar-refractivity contribution in [3.8, 4) is 33.4 Å². The molecule has 10 rings (SSSR count). The highest BCUT2D eigenvalue weighted by Gasteiger charge is 2.38. The molecule has 0 spiro atoms. The van der Waals surface area contributed by atoms with Crippen LogP contribution in [0.4, 0.5) is 11.4 Å². The first kappa shape index (κ1) is 32.7. The summed E-state index contributed by atoms with van der Waals surface area (Å²) in [5.74, 6) is 0. The molecule has 1 atom stereocenters. The van der Waals surface area contributed by atoms with Crippen molar-refractivity contribution in [2.24, 2.45) is 0 Å². The summed E-state index contributed by atoms with van der Waals surface area (Å²) in [6.45, 7) is 7.15. The molecule has 1 unspecified atom stereocenters. The van der Waals surface area contributed by atoms with Crippen LogP contribution in [0.5, 0.6) is 0 Å². The van der Waals surface area contributed by atoms with E-state index in [1.165, 1.54) is 87.2 Å². The van der Waals surface area contributed by atoms with Crippen molar-refractivity contribution in [2.45, 2.75) is 38.1 Å². The van der Waals surface area contributed by atoms with Gasteiger partial charge in [0.1, 0.15) is 0 Å². The molecule has 0 saturated heterocycles. The van der Waals surface area contributed by atoms with Crippen molar-refractivity contribution < 1.29 is 0 Å². The molecule has 0 N–H and O–H groups in total. The van der Waals surface area contributed by atoms with Gasteiger partial charge in [-0.2, -0.15) is 0 Å². The topological polar surface area (TPSA) is 3.24 Å². The Kier molecular flexibility index (Phi) is 7.61. The third-order valence-corrected chi connectivity index (χ3v) is 13.0. The highest BCUT2D eigenvalue weighted by atomic mass is 32.1. The molecule has 2 heteroatoms. The molecule has 0 aliphatic heterocycles. The zero-order valence-corrected chi connectivity index (χ0v) is 31.7. The predicted molar refractivity (Wildman–Crippen MR) is 233 cm³/mol. The fourth-order valence-electron chi connectivity index (χ4n) is 9.03. The number of anilines is 2. The molecule has 260 valence electrons. The van der Waals surface area contributed by atoms with Crippen molar-refractivity contribution in [2.75, 3.05) is 4.90 Å². The molecular formula is C52H41NS. The first-order chi connectivity index (χ1) is 26.4. The number of allylic oxidation sites excluding steroid dienone is 2. The molecule has 2 aliphatic carbocycles. The average Bonchev–Trinajstić information content (AvgIpc) is 3.70. The van der Waals surface area contributed by atoms with E-state index in [1.54, 1.807) is 0 Å². The summed E-state index contributed by atoms with van der Waals surface area (Å²) in [7, 11) is 0. The van der Waals surface area contributed by atoms with Crippen LogP contribution < -0.4 is 4.90 Å². The van der Waals surface area contributed by atoms with Gasteiger partial charge in [0.25, 0.3) is 0 Å². The van der Waals surface area contributed by atoms with Crippen LogP contribution in [0.15, 0.2) is 182 Å². The molecule has 2 aliphatic rings. The lowest BCUT2D eigenvalue weighted by Crippen LogP contribution is -2.43. The van der Waals surface area contributed by atoms with Gasteiger partial charge in [0.15, 0.2) is 0 Å². The van der Waals surface area contributed by atoms with Gasteiger partial charge < -0.3 is 4.90 Å². The monoisotopic (exact) mass is 711 g/mol. The molecule has 1 heterocycles. The zero-order valence-electron chi connectivity index (χ0n) is 30.9. The number of thiophene rings is 1. The minimum absolute atomic E-state index is 0.0890. The number of hydrogen-bond donors (Lipinski definition) is 0. The van der Waals surface area contributed by atoms with Crippen molar-refractivity contribution in [1.82, 2.24) is 0 Å². The van der Waals surface area contributed by atoms with E-state index in [0.717, 1.165) is 6.42 Å². The second-order valence-electron chi connectivity index (χ2n) is 15.6. The van der Waals surface area contributed by atoms with E-state index in [2.05, 4.69) is 208 Å². The summed E-state index contributed by atoms with van der Waals surface area (Å²) in [4.78, 5) is 2.58. The summed E-state index contributed by atoms with van der Waals surface area (Å²) >= 11 is 1.88. The Hall–Kier alpha value is -5.96. The third-order valence-electron chi connectivity index (χ3n) is 11.8. The lowest BCUT2D eigenvalue weighted by molar-refractivity contribution is 0.577. The van der Waals surface area contributed by atoms with E-state index < -0.39 is 0 Å². The molecular weight excluding hydrogens is 671 g/mol. The number of fused-ring (bicyclic) bond motifs is 6. The minimum Gasteiger partial charge on any atom is -0.332 e. The van der Waals surface area contributed by atoms with Crippen LogP contribution in [0.2, 0.25) is 0 Å². The maximum absolute atomic E-state index is 2.58. The van der Waals surface area contributed by atoms with E-state index in [1.807, 2.05) is 11.3 Å². The standard InChI is InChI=1S/C52H41NS/c1-51(2)47-20-9-7-18-43(47)44-28-27-42(33-48(44)51)53(41-25-22-36(23-26-41)38-16-11-15-37(31-38)35-13-5-4-6-14-35)52(3)30-12-17-40(34-52)39-24-29-50-46(32-39)45-19-8-10-21-49(45)54-50/h4-33H,34H2,1-3H3. The van der Waals surface area contributed by atoms with Gasteiger partial charge >= 0.3 is 0 Å². The van der Waals surface area contributed by atoms with E-state index in [0.29, 0.717) is 0 Å². The fourth-order valence-corrected chi connectivity index (χ4v) is 10.1. The zero-order chi connectivity index (χ0) is 36.4. The van der Waals surface area contributed by atoms with Crippen LogP contribution in [-0.2, 0) is 5.41 Å². The normalized spacial score (nSPS) is 17.0. The highest BCUT2D eigenvalue weighted by Crippen LogP contribution is 2.51. The van der Waals surface area contributed by atoms with Gasteiger partial charge in [0, 0.05) is 37.0 Å². The van der Waals surface area contributed by atoms with E-state index >= 15 is 0 Å². The third kappa shape index (κ3) is 5.36. The quantitative estimate of drug-likeness (QED) is 0.166.